The molecule has 1 aliphatic rings. The van der Waals surface area contributed by atoms with Gasteiger partial charge in [0.25, 0.3) is 5.91 Å². The number of anilines is 1. The molecule has 0 bridgehead atoms. The number of piperidine rings is 1. The van der Waals surface area contributed by atoms with Gasteiger partial charge in [-0.25, -0.2) is 8.42 Å². The van der Waals surface area contributed by atoms with Gasteiger partial charge in [-0.05, 0) is 55.3 Å². The molecule has 31 heavy (non-hydrogen) atoms. The monoisotopic (exact) mass is 483 g/mol. The van der Waals surface area contributed by atoms with Crippen LogP contribution in [0, 0.1) is 5.92 Å². The molecule has 10 heteroatoms. The lowest BCUT2D eigenvalue weighted by Crippen LogP contribution is -2.41. The first kappa shape index (κ1) is 23.5. The van der Waals surface area contributed by atoms with E-state index < -0.39 is 10.0 Å². The van der Waals surface area contributed by atoms with E-state index in [4.69, 9.17) is 23.2 Å². The number of sulfonamides is 1. The molecule has 166 valence electrons. The molecular formula is C21H23Cl2N3O4S. The molecule has 1 N–H and O–H groups in total. The maximum absolute atomic E-state index is 12.8. The van der Waals surface area contributed by atoms with Crippen LogP contribution in [0.25, 0.3) is 0 Å². The molecule has 2 aromatic carbocycles. The standard InChI is InChI=1S/C21H23Cl2N3O4S/c1-25(2)21(28)18-8-5-16(13-19(18)23)24-20(27)14-9-11-26(12-10-14)31(29,30)17-6-3-15(22)4-7-17/h3-8,13-14H,9-12H2,1-2H3,(H,24,27). The first-order valence-corrected chi connectivity index (χ1v) is 11.9. The highest BCUT2D eigenvalue weighted by Crippen LogP contribution is 2.27. The Bertz CT molecular complexity index is 1080. The fourth-order valence-electron chi connectivity index (χ4n) is 3.37. The third-order valence-corrected chi connectivity index (χ3v) is 7.63. The average molecular weight is 484 g/mol. The topological polar surface area (TPSA) is 86.8 Å². The van der Waals surface area contributed by atoms with E-state index >= 15 is 0 Å². The summed E-state index contributed by atoms with van der Waals surface area (Å²) >= 11 is 12.0. The SMILES string of the molecule is CN(C)C(=O)c1ccc(NC(=O)C2CCN(S(=O)(=O)c3ccc(Cl)cc3)CC2)cc1Cl. The Hall–Kier alpha value is -2.13. The van der Waals surface area contributed by atoms with Crippen LogP contribution in [0.2, 0.25) is 10.0 Å². The van der Waals surface area contributed by atoms with Crippen LogP contribution >= 0.6 is 23.2 Å². The highest BCUT2D eigenvalue weighted by atomic mass is 35.5. The van der Waals surface area contributed by atoms with E-state index in [1.807, 2.05) is 0 Å². The second-order valence-corrected chi connectivity index (χ2v) is 10.3. The Morgan fingerprint density at radius 1 is 1.03 bits per heavy atom. The van der Waals surface area contributed by atoms with Gasteiger partial charge in [0.1, 0.15) is 0 Å². The van der Waals surface area contributed by atoms with Crippen LogP contribution in [0.3, 0.4) is 0 Å². The summed E-state index contributed by atoms with van der Waals surface area (Å²) in [5, 5.41) is 3.53. The van der Waals surface area contributed by atoms with Gasteiger partial charge in [-0.2, -0.15) is 4.31 Å². The molecule has 1 heterocycles. The molecule has 1 fully saturated rings. The average Bonchev–Trinajstić information content (AvgIpc) is 2.73. The Labute approximate surface area is 192 Å². The minimum absolute atomic E-state index is 0.182. The molecule has 1 aliphatic heterocycles. The number of rotatable bonds is 5. The highest BCUT2D eigenvalue weighted by Gasteiger charge is 2.32. The predicted molar refractivity (Wildman–Crippen MR) is 121 cm³/mol. The van der Waals surface area contributed by atoms with Crippen LogP contribution < -0.4 is 5.32 Å². The van der Waals surface area contributed by atoms with Crippen molar-refractivity contribution in [2.75, 3.05) is 32.5 Å². The lowest BCUT2D eigenvalue weighted by atomic mass is 9.97. The molecule has 0 saturated carbocycles. The van der Waals surface area contributed by atoms with Crippen molar-refractivity contribution in [2.45, 2.75) is 17.7 Å². The quantitative estimate of drug-likeness (QED) is 0.701. The molecule has 2 amide bonds. The summed E-state index contributed by atoms with van der Waals surface area (Å²) in [5.74, 6) is -0.748. The largest absolute Gasteiger partial charge is 0.345 e. The molecule has 7 nitrogen and oxygen atoms in total. The first-order valence-electron chi connectivity index (χ1n) is 9.67. The van der Waals surface area contributed by atoms with Crippen molar-refractivity contribution in [3.63, 3.8) is 0 Å². The molecular weight excluding hydrogens is 461 g/mol. The third-order valence-electron chi connectivity index (χ3n) is 5.15. The number of hydrogen-bond donors (Lipinski definition) is 1. The van der Waals surface area contributed by atoms with Crippen molar-refractivity contribution in [2.24, 2.45) is 5.92 Å². The lowest BCUT2D eigenvalue weighted by molar-refractivity contribution is -0.120. The molecule has 0 atom stereocenters. The number of hydrogen-bond acceptors (Lipinski definition) is 4. The number of amides is 2. The van der Waals surface area contributed by atoms with E-state index in [2.05, 4.69) is 5.32 Å². The van der Waals surface area contributed by atoms with E-state index in [-0.39, 0.29) is 40.7 Å². The Kier molecular flexibility index (Phi) is 7.26. The molecule has 0 spiro atoms. The van der Waals surface area contributed by atoms with Crippen LogP contribution in [0.5, 0.6) is 0 Å². The van der Waals surface area contributed by atoms with Gasteiger partial charge in [-0.15, -0.1) is 0 Å². The smallest absolute Gasteiger partial charge is 0.254 e. The van der Waals surface area contributed by atoms with Gasteiger partial charge >= 0.3 is 0 Å². The van der Waals surface area contributed by atoms with Gasteiger partial charge in [0.05, 0.1) is 15.5 Å². The number of benzene rings is 2. The Morgan fingerprint density at radius 2 is 1.65 bits per heavy atom. The number of nitrogens with one attached hydrogen (secondary N) is 1. The van der Waals surface area contributed by atoms with E-state index in [0.717, 1.165) is 0 Å². The molecule has 1 saturated heterocycles. The fraction of sp³-hybridized carbons (Fsp3) is 0.333. The van der Waals surface area contributed by atoms with Crippen molar-refractivity contribution < 1.29 is 18.0 Å². The van der Waals surface area contributed by atoms with Crippen LogP contribution in [0.4, 0.5) is 5.69 Å². The van der Waals surface area contributed by atoms with Crippen LogP contribution in [0.15, 0.2) is 47.4 Å². The molecule has 2 aromatic rings. The second-order valence-electron chi connectivity index (χ2n) is 7.52. The Morgan fingerprint density at radius 3 is 2.19 bits per heavy atom. The Balaban J connectivity index is 1.61. The zero-order valence-corrected chi connectivity index (χ0v) is 19.5. The van der Waals surface area contributed by atoms with Crippen molar-refractivity contribution in [3.8, 4) is 0 Å². The molecule has 3 rings (SSSR count). The van der Waals surface area contributed by atoms with E-state index in [1.165, 1.54) is 39.5 Å². The third kappa shape index (κ3) is 5.38. The van der Waals surface area contributed by atoms with E-state index in [9.17, 15) is 18.0 Å². The second kappa shape index (κ2) is 9.56. The van der Waals surface area contributed by atoms with Crippen LogP contribution in [-0.2, 0) is 14.8 Å². The van der Waals surface area contributed by atoms with Gasteiger partial charge in [-0.3, -0.25) is 9.59 Å². The van der Waals surface area contributed by atoms with E-state index in [0.29, 0.717) is 29.1 Å². The summed E-state index contributed by atoms with van der Waals surface area (Å²) < 4.78 is 26.9. The van der Waals surface area contributed by atoms with Crippen molar-refractivity contribution in [3.05, 3.63) is 58.1 Å². The fourth-order valence-corrected chi connectivity index (χ4v) is 5.22. The summed E-state index contributed by atoms with van der Waals surface area (Å²) in [6.45, 7) is 0.500. The molecule has 0 radical (unpaired) electrons. The van der Waals surface area contributed by atoms with E-state index in [1.54, 1.807) is 26.2 Å². The number of carbonyl (C=O) groups is 2. The summed E-state index contributed by atoms with van der Waals surface area (Å²) in [5.41, 5.74) is 0.840. The number of carbonyl (C=O) groups excluding carboxylic acids is 2. The zero-order chi connectivity index (χ0) is 22.8. The normalized spacial score (nSPS) is 15.5. The summed E-state index contributed by atoms with van der Waals surface area (Å²) in [4.78, 5) is 26.3. The van der Waals surface area contributed by atoms with Crippen molar-refractivity contribution in [1.82, 2.24) is 9.21 Å². The molecule has 0 aromatic heterocycles. The maximum Gasteiger partial charge on any atom is 0.254 e. The maximum atomic E-state index is 12.8. The number of nitrogens with zero attached hydrogens (tertiary/aromatic N) is 2. The van der Waals surface area contributed by atoms with Crippen LogP contribution in [-0.4, -0.2) is 56.6 Å². The summed E-state index contributed by atoms with van der Waals surface area (Å²) in [7, 11) is -0.357. The molecule has 0 unspecified atom stereocenters. The van der Waals surface area contributed by atoms with Gasteiger partial charge in [0, 0.05) is 43.8 Å². The highest BCUT2D eigenvalue weighted by molar-refractivity contribution is 7.89. The first-order chi connectivity index (χ1) is 14.6. The lowest BCUT2D eigenvalue weighted by Gasteiger charge is -2.30. The molecule has 0 aliphatic carbocycles. The van der Waals surface area contributed by atoms with Crippen molar-refractivity contribution in [1.29, 1.82) is 0 Å². The van der Waals surface area contributed by atoms with Gasteiger partial charge < -0.3 is 10.2 Å². The minimum Gasteiger partial charge on any atom is -0.345 e. The van der Waals surface area contributed by atoms with Crippen LogP contribution in [0.1, 0.15) is 23.2 Å². The van der Waals surface area contributed by atoms with Crippen molar-refractivity contribution >= 4 is 50.7 Å². The van der Waals surface area contributed by atoms with Gasteiger partial charge in [-0.1, -0.05) is 23.2 Å². The zero-order valence-electron chi connectivity index (χ0n) is 17.1. The summed E-state index contributed by atoms with van der Waals surface area (Å²) in [6.07, 6.45) is 0.813. The minimum atomic E-state index is -3.62. The number of halogens is 2. The summed E-state index contributed by atoms with van der Waals surface area (Å²) in [6, 6.07) is 10.8. The van der Waals surface area contributed by atoms with Gasteiger partial charge in [0.15, 0.2) is 0 Å². The van der Waals surface area contributed by atoms with Gasteiger partial charge in [0.2, 0.25) is 15.9 Å². The predicted octanol–water partition coefficient (Wildman–Crippen LogP) is 3.73.